The van der Waals surface area contributed by atoms with Crippen molar-refractivity contribution in [2.24, 2.45) is 7.05 Å². The van der Waals surface area contributed by atoms with E-state index >= 15 is 0 Å². The molecule has 1 fully saturated rings. The molecule has 1 aromatic carbocycles. The summed E-state index contributed by atoms with van der Waals surface area (Å²) in [6, 6.07) is 10.4. The molecule has 1 aliphatic rings. The summed E-state index contributed by atoms with van der Waals surface area (Å²) in [4.78, 5) is 4.39. The van der Waals surface area contributed by atoms with Gasteiger partial charge in [0, 0.05) is 31.8 Å². The van der Waals surface area contributed by atoms with Crippen LogP contribution in [0, 0.1) is 0 Å². The normalized spacial score (nSPS) is 26.6. The highest BCUT2D eigenvalue weighted by atomic mass is 16.3. The number of aromatic nitrogens is 2. The lowest BCUT2D eigenvalue weighted by Gasteiger charge is -2.40. The highest BCUT2D eigenvalue weighted by molar-refractivity contribution is 5.24. The van der Waals surface area contributed by atoms with Gasteiger partial charge in [0.05, 0.1) is 5.60 Å². The molecule has 0 amide bonds. The smallest absolute Gasteiger partial charge is 0.111 e. The van der Waals surface area contributed by atoms with Crippen LogP contribution in [0.3, 0.4) is 0 Å². The number of benzene rings is 1. The third-order valence-corrected chi connectivity index (χ3v) is 4.59. The Balaban J connectivity index is 1.89. The van der Waals surface area contributed by atoms with Crippen molar-refractivity contribution in [2.75, 3.05) is 0 Å². The molecular weight excluding hydrogens is 248 g/mol. The SMILES string of the molecule is Cn1ccnc1CC1(O)CCCCC1c1ccccc1. The maximum absolute atomic E-state index is 11.2. The van der Waals surface area contributed by atoms with Crippen molar-refractivity contribution in [3.05, 3.63) is 54.1 Å². The van der Waals surface area contributed by atoms with Gasteiger partial charge in [-0.15, -0.1) is 0 Å². The molecular formula is C17H22N2O. The Morgan fingerprint density at radius 1 is 1.30 bits per heavy atom. The highest BCUT2D eigenvalue weighted by Gasteiger charge is 2.40. The molecule has 2 aromatic rings. The van der Waals surface area contributed by atoms with Crippen molar-refractivity contribution < 1.29 is 5.11 Å². The van der Waals surface area contributed by atoms with Crippen molar-refractivity contribution in [1.82, 2.24) is 9.55 Å². The van der Waals surface area contributed by atoms with E-state index in [-0.39, 0.29) is 5.92 Å². The second kappa shape index (κ2) is 5.41. The van der Waals surface area contributed by atoms with Crippen molar-refractivity contribution in [2.45, 2.75) is 43.6 Å². The van der Waals surface area contributed by atoms with Crippen LogP contribution < -0.4 is 0 Å². The topological polar surface area (TPSA) is 38.0 Å². The number of imidazole rings is 1. The van der Waals surface area contributed by atoms with Crippen LogP contribution in [0.1, 0.15) is 43.0 Å². The quantitative estimate of drug-likeness (QED) is 0.931. The lowest BCUT2D eigenvalue weighted by molar-refractivity contribution is -0.0187. The minimum atomic E-state index is -0.668. The van der Waals surface area contributed by atoms with E-state index in [1.54, 1.807) is 6.20 Å². The molecule has 0 radical (unpaired) electrons. The van der Waals surface area contributed by atoms with Gasteiger partial charge in [-0.25, -0.2) is 4.98 Å². The monoisotopic (exact) mass is 270 g/mol. The van der Waals surface area contributed by atoms with E-state index in [1.165, 1.54) is 12.0 Å². The van der Waals surface area contributed by atoms with Crippen LogP contribution in [-0.4, -0.2) is 20.3 Å². The maximum atomic E-state index is 11.2. The van der Waals surface area contributed by atoms with Gasteiger partial charge in [-0.1, -0.05) is 43.2 Å². The minimum absolute atomic E-state index is 0.217. The molecule has 0 bridgehead atoms. The van der Waals surface area contributed by atoms with Gasteiger partial charge in [-0.2, -0.15) is 0 Å². The Morgan fingerprint density at radius 2 is 2.10 bits per heavy atom. The predicted molar refractivity (Wildman–Crippen MR) is 79.5 cm³/mol. The molecule has 3 rings (SSSR count). The summed E-state index contributed by atoms with van der Waals surface area (Å²) in [7, 11) is 1.99. The van der Waals surface area contributed by atoms with Crippen molar-refractivity contribution in [3.8, 4) is 0 Å². The van der Waals surface area contributed by atoms with E-state index in [0.29, 0.717) is 6.42 Å². The zero-order valence-corrected chi connectivity index (χ0v) is 12.0. The van der Waals surface area contributed by atoms with E-state index in [2.05, 4.69) is 29.2 Å². The van der Waals surface area contributed by atoms with E-state index < -0.39 is 5.60 Å². The molecule has 3 nitrogen and oxygen atoms in total. The Hall–Kier alpha value is -1.61. The summed E-state index contributed by atoms with van der Waals surface area (Å²) in [5.41, 5.74) is 0.586. The van der Waals surface area contributed by atoms with E-state index in [0.717, 1.165) is 25.1 Å². The van der Waals surface area contributed by atoms with Crippen LogP contribution in [0.5, 0.6) is 0 Å². The Kier molecular flexibility index (Phi) is 3.62. The van der Waals surface area contributed by atoms with Crippen LogP contribution in [-0.2, 0) is 13.5 Å². The summed E-state index contributed by atoms with van der Waals surface area (Å²) in [6.45, 7) is 0. The Bertz CT molecular complexity index is 563. The number of nitrogens with zero attached hydrogens (tertiary/aromatic N) is 2. The molecule has 3 heteroatoms. The van der Waals surface area contributed by atoms with Gasteiger partial charge in [0.2, 0.25) is 0 Å². The second-order valence-electron chi connectivity index (χ2n) is 5.94. The van der Waals surface area contributed by atoms with Gasteiger partial charge in [0.25, 0.3) is 0 Å². The van der Waals surface area contributed by atoms with Crippen LogP contribution in [0.4, 0.5) is 0 Å². The lowest BCUT2D eigenvalue weighted by Crippen LogP contribution is -2.41. The third-order valence-electron chi connectivity index (χ3n) is 4.59. The largest absolute Gasteiger partial charge is 0.389 e. The Labute approximate surface area is 120 Å². The van der Waals surface area contributed by atoms with Crippen molar-refractivity contribution >= 4 is 0 Å². The molecule has 1 aromatic heterocycles. The van der Waals surface area contributed by atoms with Crippen molar-refractivity contribution in [1.29, 1.82) is 0 Å². The molecule has 0 saturated heterocycles. The number of aryl methyl sites for hydroxylation is 1. The van der Waals surface area contributed by atoms with Gasteiger partial charge < -0.3 is 9.67 Å². The number of rotatable bonds is 3. The fourth-order valence-corrected chi connectivity index (χ4v) is 3.44. The third kappa shape index (κ3) is 2.50. The van der Waals surface area contributed by atoms with Crippen LogP contribution >= 0.6 is 0 Å². The highest BCUT2D eigenvalue weighted by Crippen LogP contribution is 2.42. The molecule has 106 valence electrons. The maximum Gasteiger partial charge on any atom is 0.111 e. The molecule has 1 N–H and O–H groups in total. The van der Waals surface area contributed by atoms with Crippen LogP contribution in [0.25, 0.3) is 0 Å². The zero-order valence-electron chi connectivity index (χ0n) is 12.0. The number of aliphatic hydroxyl groups is 1. The lowest BCUT2D eigenvalue weighted by atomic mass is 9.70. The standard InChI is InChI=1S/C17H22N2O/c1-19-12-11-18-16(19)13-17(20)10-6-5-9-15(17)14-7-3-2-4-8-14/h2-4,7-8,11-12,15,20H,5-6,9-10,13H2,1H3. The zero-order chi connectivity index (χ0) is 14.0. The average molecular weight is 270 g/mol. The first-order valence-electron chi connectivity index (χ1n) is 7.42. The summed E-state index contributed by atoms with van der Waals surface area (Å²) in [5, 5.41) is 11.2. The molecule has 1 heterocycles. The number of hydrogen-bond donors (Lipinski definition) is 1. The summed E-state index contributed by atoms with van der Waals surface area (Å²) >= 11 is 0. The van der Waals surface area contributed by atoms with Gasteiger partial charge >= 0.3 is 0 Å². The molecule has 0 spiro atoms. The van der Waals surface area contributed by atoms with Crippen LogP contribution in [0.2, 0.25) is 0 Å². The summed E-state index contributed by atoms with van der Waals surface area (Å²) in [5.74, 6) is 1.18. The molecule has 20 heavy (non-hydrogen) atoms. The van der Waals surface area contributed by atoms with E-state index in [9.17, 15) is 5.11 Å². The first kappa shape index (κ1) is 13.4. The Morgan fingerprint density at radius 3 is 2.80 bits per heavy atom. The number of hydrogen-bond acceptors (Lipinski definition) is 2. The fraction of sp³-hybridized carbons (Fsp3) is 0.471. The summed E-state index contributed by atoms with van der Waals surface area (Å²) in [6.07, 6.45) is 8.60. The predicted octanol–water partition coefficient (Wildman–Crippen LogP) is 3.05. The van der Waals surface area contributed by atoms with Gasteiger partial charge in [0.15, 0.2) is 0 Å². The molecule has 2 atom stereocenters. The van der Waals surface area contributed by atoms with E-state index in [1.807, 2.05) is 23.9 Å². The van der Waals surface area contributed by atoms with E-state index in [4.69, 9.17) is 0 Å². The second-order valence-corrected chi connectivity index (χ2v) is 5.94. The molecule has 1 saturated carbocycles. The van der Waals surface area contributed by atoms with Crippen molar-refractivity contribution in [3.63, 3.8) is 0 Å². The molecule has 2 unspecified atom stereocenters. The minimum Gasteiger partial charge on any atom is -0.389 e. The van der Waals surface area contributed by atoms with Crippen LogP contribution in [0.15, 0.2) is 42.7 Å². The first-order valence-corrected chi connectivity index (χ1v) is 7.42. The summed E-state index contributed by atoms with van der Waals surface area (Å²) < 4.78 is 2.01. The fourth-order valence-electron chi connectivity index (χ4n) is 3.44. The van der Waals surface area contributed by atoms with Gasteiger partial charge in [-0.3, -0.25) is 0 Å². The molecule has 0 aliphatic heterocycles. The first-order chi connectivity index (χ1) is 9.69. The van der Waals surface area contributed by atoms with Gasteiger partial charge in [0.1, 0.15) is 5.82 Å². The molecule has 1 aliphatic carbocycles. The van der Waals surface area contributed by atoms with Gasteiger partial charge in [-0.05, 0) is 18.4 Å². The average Bonchev–Trinajstić information content (AvgIpc) is 2.85.